The SMILES string of the molecule is O=c1/c(=C\c2ccco2)sc2n1CN(c1ccccc1)CN=2. The molecule has 2 aromatic heterocycles. The lowest BCUT2D eigenvalue weighted by Crippen LogP contribution is -2.42. The molecule has 0 radical (unpaired) electrons. The first-order valence-corrected chi connectivity index (χ1v) is 7.72. The third kappa shape index (κ3) is 2.27. The van der Waals surface area contributed by atoms with Gasteiger partial charge in [-0.1, -0.05) is 29.5 Å². The van der Waals surface area contributed by atoms with E-state index in [2.05, 4.69) is 9.89 Å². The third-order valence-corrected chi connectivity index (χ3v) is 4.56. The number of aromatic nitrogens is 1. The number of rotatable bonds is 2. The molecule has 3 heterocycles. The van der Waals surface area contributed by atoms with Gasteiger partial charge >= 0.3 is 0 Å². The first-order valence-electron chi connectivity index (χ1n) is 6.90. The van der Waals surface area contributed by atoms with Gasteiger partial charge in [-0.3, -0.25) is 9.36 Å². The van der Waals surface area contributed by atoms with Crippen molar-refractivity contribution in [2.24, 2.45) is 4.99 Å². The van der Waals surface area contributed by atoms with Crippen molar-refractivity contribution in [2.75, 3.05) is 11.6 Å². The summed E-state index contributed by atoms with van der Waals surface area (Å²) in [5.74, 6) is 0.677. The monoisotopic (exact) mass is 311 g/mol. The number of fused-ring (bicyclic) bond motifs is 1. The quantitative estimate of drug-likeness (QED) is 0.718. The Morgan fingerprint density at radius 1 is 1.18 bits per heavy atom. The molecule has 4 rings (SSSR count). The largest absolute Gasteiger partial charge is 0.465 e. The molecule has 1 aliphatic rings. The number of hydrogen-bond donors (Lipinski definition) is 0. The highest BCUT2D eigenvalue weighted by molar-refractivity contribution is 7.07. The second kappa shape index (κ2) is 5.31. The van der Waals surface area contributed by atoms with Gasteiger partial charge in [-0.25, -0.2) is 4.99 Å². The van der Waals surface area contributed by atoms with Gasteiger partial charge in [0.05, 0.1) is 10.8 Å². The number of nitrogens with zero attached hydrogens (tertiary/aromatic N) is 3. The zero-order valence-corrected chi connectivity index (χ0v) is 12.5. The molecule has 0 spiro atoms. The van der Waals surface area contributed by atoms with Crippen LogP contribution in [0.25, 0.3) is 6.08 Å². The van der Waals surface area contributed by atoms with E-state index in [4.69, 9.17) is 4.42 Å². The molecule has 0 aliphatic carbocycles. The van der Waals surface area contributed by atoms with E-state index < -0.39 is 0 Å². The van der Waals surface area contributed by atoms with Crippen molar-refractivity contribution < 1.29 is 4.42 Å². The first kappa shape index (κ1) is 13.1. The first-order chi connectivity index (χ1) is 10.8. The zero-order valence-electron chi connectivity index (χ0n) is 11.7. The van der Waals surface area contributed by atoms with Crippen LogP contribution in [0, 0.1) is 0 Å². The van der Waals surface area contributed by atoms with Crippen LogP contribution >= 0.6 is 11.3 Å². The Labute approximate surface area is 130 Å². The second-order valence-corrected chi connectivity index (χ2v) is 5.97. The molecule has 0 amide bonds. The minimum absolute atomic E-state index is 0.0271. The molecule has 5 nitrogen and oxygen atoms in total. The molecular formula is C16H13N3O2S. The minimum Gasteiger partial charge on any atom is -0.465 e. The summed E-state index contributed by atoms with van der Waals surface area (Å²) >= 11 is 1.40. The summed E-state index contributed by atoms with van der Waals surface area (Å²) < 4.78 is 7.62. The number of thiazole rings is 1. The van der Waals surface area contributed by atoms with Crippen LogP contribution in [0.3, 0.4) is 0 Å². The maximum atomic E-state index is 12.5. The number of furan rings is 1. The summed E-state index contributed by atoms with van der Waals surface area (Å²) in [6, 6.07) is 13.6. The van der Waals surface area contributed by atoms with Crippen LogP contribution in [0.15, 0.2) is 62.9 Å². The lowest BCUT2D eigenvalue weighted by molar-refractivity contribution is 0.556. The Morgan fingerprint density at radius 3 is 2.82 bits per heavy atom. The molecule has 0 atom stereocenters. The van der Waals surface area contributed by atoms with E-state index in [1.807, 2.05) is 36.4 Å². The summed E-state index contributed by atoms with van der Waals surface area (Å²) in [7, 11) is 0. The van der Waals surface area contributed by atoms with Crippen molar-refractivity contribution in [1.29, 1.82) is 0 Å². The fourth-order valence-electron chi connectivity index (χ4n) is 2.42. The highest BCUT2D eigenvalue weighted by Crippen LogP contribution is 2.14. The number of benzene rings is 1. The van der Waals surface area contributed by atoms with Crippen LogP contribution in [-0.4, -0.2) is 11.2 Å². The fraction of sp³-hybridized carbons (Fsp3) is 0.125. The van der Waals surface area contributed by atoms with Crippen molar-refractivity contribution in [3.05, 3.63) is 74.2 Å². The number of hydrogen-bond acceptors (Lipinski definition) is 5. The van der Waals surface area contributed by atoms with Crippen LogP contribution in [0.5, 0.6) is 0 Å². The van der Waals surface area contributed by atoms with Gasteiger partial charge in [-0.2, -0.15) is 0 Å². The zero-order chi connectivity index (χ0) is 14.9. The van der Waals surface area contributed by atoms with E-state index in [1.165, 1.54) is 11.3 Å². The van der Waals surface area contributed by atoms with Gasteiger partial charge in [0.1, 0.15) is 19.1 Å². The Morgan fingerprint density at radius 2 is 2.05 bits per heavy atom. The third-order valence-electron chi connectivity index (χ3n) is 3.51. The molecule has 0 bridgehead atoms. The van der Waals surface area contributed by atoms with E-state index in [1.54, 1.807) is 23.0 Å². The molecule has 110 valence electrons. The van der Waals surface area contributed by atoms with E-state index in [9.17, 15) is 4.79 Å². The predicted molar refractivity (Wildman–Crippen MR) is 85.4 cm³/mol. The molecule has 1 aliphatic heterocycles. The lowest BCUT2D eigenvalue weighted by atomic mass is 10.3. The van der Waals surface area contributed by atoms with Crippen molar-refractivity contribution in [3.63, 3.8) is 0 Å². The summed E-state index contributed by atoms with van der Waals surface area (Å²) in [5.41, 5.74) is 1.03. The van der Waals surface area contributed by atoms with Crippen molar-refractivity contribution >= 4 is 23.1 Å². The Kier molecular flexibility index (Phi) is 3.16. The molecule has 6 heteroatoms. The second-order valence-electron chi connectivity index (χ2n) is 4.96. The van der Waals surface area contributed by atoms with Crippen molar-refractivity contribution in [1.82, 2.24) is 4.57 Å². The number of anilines is 1. The van der Waals surface area contributed by atoms with Crippen LogP contribution in [0.2, 0.25) is 0 Å². The van der Waals surface area contributed by atoms with Crippen LogP contribution in [0.4, 0.5) is 5.69 Å². The normalized spacial score (nSPS) is 14.7. The topological polar surface area (TPSA) is 50.7 Å². The van der Waals surface area contributed by atoms with Crippen molar-refractivity contribution in [3.8, 4) is 0 Å². The van der Waals surface area contributed by atoms with Crippen LogP contribution in [0.1, 0.15) is 5.76 Å². The van der Waals surface area contributed by atoms with E-state index >= 15 is 0 Å². The van der Waals surface area contributed by atoms with Crippen LogP contribution in [-0.2, 0) is 6.67 Å². The maximum Gasteiger partial charge on any atom is 0.271 e. The number of para-hydroxylation sites is 1. The summed E-state index contributed by atoms with van der Waals surface area (Å²) in [4.78, 5) is 19.9. The minimum atomic E-state index is -0.0271. The van der Waals surface area contributed by atoms with Gasteiger partial charge in [0.15, 0.2) is 4.80 Å². The predicted octanol–water partition coefficient (Wildman–Crippen LogP) is 1.39. The van der Waals surface area contributed by atoms with E-state index in [-0.39, 0.29) is 5.56 Å². The van der Waals surface area contributed by atoms with Crippen molar-refractivity contribution in [2.45, 2.75) is 6.67 Å². The molecule has 0 saturated heterocycles. The van der Waals surface area contributed by atoms with Gasteiger partial charge in [0.2, 0.25) is 0 Å². The smallest absolute Gasteiger partial charge is 0.271 e. The van der Waals surface area contributed by atoms with E-state index in [0.29, 0.717) is 23.6 Å². The van der Waals surface area contributed by atoms with Gasteiger partial charge in [0, 0.05) is 11.8 Å². The molecule has 0 unspecified atom stereocenters. The Balaban J connectivity index is 1.75. The van der Waals surface area contributed by atoms with Gasteiger partial charge in [-0.05, 0) is 24.3 Å². The summed E-state index contributed by atoms with van der Waals surface area (Å²) in [6.45, 7) is 1.08. The summed E-state index contributed by atoms with van der Waals surface area (Å²) in [6.07, 6.45) is 3.36. The fourth-order valence-corrected chi connectivity index (χ4v) is 3.36. The van der Waals surface area contributed by atoms with Crippen LogP contribution < -0.4 is 19.8 Å². The summed E-state index contributed by atoms with van der Waals surface area (Å²) in [5, 5.41) is 0. The molecule has 1 aromatic carbocycles. The van der Waals surface area contributed by atoms with E-state index in [0.717, 1.165) is 10.5 Å². The maximum absolute atomic E-state index is 12.5. The van der Waals surface area contributed by atoms with Gasteiger partial charge < -0.3 is 9.32 Å². The molecule has 0 fully saturated rings. The molecule has 3 aromatic rings. The van der Waals surface area contributed by atoms with Gasteiger partial charge in [0.25, 0.3) is 5.56 Å². The molecule has 0 saturated carbocycles. The lowest BCUT2D eigenvalue weighted by Gasteiger charge is -2.25. The average molecular weight is 311 g/mol. The highest BCUT2D eigenvalue weighted by atomic mass is 32.1. The standard InChI is InChI=1S/C16H13N3O2S/c20-15-14(9-13-7-4-8-21-13)22-16-17-10-18(11-19(15)16)12-5-2-1-3-6-12/h1-9H,10-11H2/b14-9+. The average Bonchev–Trinajstić information content (AvgIpc) is 3.17. The highest BCUT2D eigenvalue weighted by Gasteiger charge is 2.15. The van der Waals surface area contributed by atoms with Gasteiger partial charge in [-0.15, -0.1) is 0 Å². The molecular weight excluding hydrogens is 298 g/mol. The molecule has 22 heavy (non-hydrogen) atoms. The molecule has 0 N–H and O–H groups in total. The Bertz CT molecular complexity index is 955. The Hall–Kier alpha value is -2.60.